The van der Waals surface area contributed by atoms with Crippen LogP contribution in [0.25, 0.3) is 0 Å². The first-order valence-electron chi connectivity index (χ1n) is 12.7. The Kier molecular flexibility index (Phi) is 10.9. The van der Waals surface area contributed by atoms with Crippen molar-refractivity contribution in [1.29, 1.82) is 0 Å². The number of anilines is 1. The molecule has 0 aliphatic rings. The van der Waals surface area contributed by atoms with Crippen molar-refractivity contribution in [3.63, 3.8) is 0 Å². The van der Waals surface area contributed by atoms with Gasteiger partial charge in [0.1, 0.15) is 12.6 Å². The van der Waals surface area contributed by atoms with E-state index in [4.69, 9.17) is 34.8 Å². The number of benzene rings is 3. The van der Waals surface area contributed by atoms with Crippen molar-refractivity contribution in [2.45, 2.75) is 57.6 Å². The van der Waals surface area contributed by atoms with Gasteiger partial charge < -0.3 is 10.2 Å². The third kappa shape index (κ3) is 7.69. The van der Waals surface area contributed by atoms with E-state index in [2.05, 4.69) is 5.32 Å². The first kappa shape index (κ1) is 31.7. The molecule has 1 N–H and O–H groups in total. The lowest BCUT2D eigenvalue weighted by molar-refractivity contribution is -0.139. The first-order valence-corrected chi connectivity index (χ1v) is 15.3. The zero-order valence-corrected chi connectivity index (χ0v) is 25.8. The van der Waals surface area contributed by atoms with Crippen LogP contribution in [0.5, 0.6) is 0 Å². The minimum absolute atomic E-state index is 0.000627. The maximum Gasteiger partial charge on any atom is 0.264 e. The monoisotopic (exact) mass is 623 g/mol. The highest BCUT2D eigenvalue weighted by atomic mass is 35.5. The number of carbonyl (C=O) groups is 2. The summed E-state index contributed by atoms with van der Waals surface area (Å²) in [5.41, 5.74) is 1.57. The van der Waals surface area contributed by atoms with Crippen LogP contribution < -0.4 is 9.62 Å². The minimum atomic E-state index is -4.22. The maximum absolute atomic E-state index is 14.0. The Morgan fingerprint density at radius 2 is 1.57 bits per heavy atom. The fourth-order valence-corrected chi connectivity index (χ4v) is 6.08. The molecule has 40 heavy (non-hydrogen) atoms. The smallest absolute Gasteiger partial charge is 0.264 e. The Morgan fingerprint density at radius 3 is 2.17 bits per heavy atom. The molecule has 0 bridgehead atoms. The predicted molar refractivity (Wildman–Crippen MR) is 162 cm³/mol. The van der Waals surface area contributed by atoms with E-state index in [1.54, 1.807) is 55.5 Å². The van der Waals surface area contributed by atoms with Crippen LogP contribution in [0.15, 0.2) is 71.6 Å². The number of hydrogen-bond donors (Lipinski definition) is 1. The first-order chi connectivity index (χ1) is 18.8. The molecular formula is C29H32Cl3N3O4S. The summed E-state index contributed by atoms with van der Waals surface area (Å²) in [4.78, 5) is 28.4. The Hall–Kier alpha value is -2.78. The van der Waals surface area contributed by atoms with Crippen LogP contribution in [0.4, 0.5) is 5.69 Å². The number of amides is 2. The van der Waals surface area contributed by atoms with E-state index < -0.39 is 28.5 Å². The fraction of sp³-hybridized carbons (Fsp3) is 0.310. The SMILES string of the molecule is CC[C@@H](C)NC(=O)[C@@H](C)N(Cc1ccc(Cl)cc1Cl)C(=O)CN(c1ccccc1Cl)S(=O)(=O)c1ccc(C)cc1. The van der Waals surface area contributed by atoms with E-state index in [1.165, 1.54) is 23.1 Å². The fourth-order valence-electron chi connectivity index (χ4n) is 3.89. The Labute approximate surface area is 251 Å². The van der Waals surface area contributed by atoms with Gasteiger partial charge in [-0.25, -0.2) is 8.42 Å². The minimum Gasteiger partial charge on any atom is -0.352 e. The molecule has 3 aromatic carbocycles. The topological polar surface area (TPSA) is 86.8 Å². The molecule has 0 radical (unpaired) electrons. The number of para-hydroxylation sites is 1. The third-order valence-electron chi connectivity index (χ3n) is 6.53. The maximum atomic E-state index is 14.0. The summed E-state index contributed by atoms with van der Waals surface area (Å²) in [6.07, 6.45) is 0.699. The van der Waals surface area contributed by atoms with Crippen molar-refractivity contribution in [2.24, 2.45) is 0 Å². The van der Waals surface area contributed by atoms with Crippen LogP contribution in [0, 0.1) is 6.92 Å². The van der Waals surface area contributed by atoms with E-state index in [-0.39, 0.29) is 34.1 Å². The molecule has 0 saturated heterocycles. The van der Waals surface area contributed by atoms with E-state index in [0.29, 0.717) is 22.0 Å². The lowest BCUT2D eigenvalue weighted by Gasteiger charge is -2.33. The van der Waals surface area contributed by atoms with Gasteiger partial charge in [0.15, 0.2) is 0 Å². The number of aryl methyl sites for hydroxylation is 1. The number of sulfonamides is 1. The van der Waals surface area contributed by atoms with Gasteiger partial charge in [0.2, 0.25) is 11.8 Å². The third-order valence-corrected chi connectivity index (χ3v) is 9.21. The summed E-state index contributed by atoms with van der Waals surface area (Å²) in [6.45, 7) is 6.58. The highest BCUT2D eigenvalue weighted by molar-refractivity contribution is 7.92. The van der Waals surface area contributed by atoms with Crippen molar-refractivity contribution in [1.82, 2.24) is 10.2 Å². The zero-order valence-electron chi connectivity index (χ0n) is 22.7. The van der Waals surface area contributed by atoms with Crippen LogP contribution in [0.3, 0.4) is 0 Å². The molecular weight excluding hydrogens is 593 g/mol. The molecule has 0 saturated carbocycles. The summed E-state index contributed by atoms with van der Waals surface area (Å²) in [7, 11) is -4.22. The molecule has 2 atom stereocenters. The molecule has 0 heterocycles. The Morgan fingerprint density at radius 1 is 0.925 bits per heavy atom. The van der Waals surface area contributed by atoms with E-state index in [0.717, 1.165) is 9.87 Å². The average molecular weight is 625 g/mol. The quantitative estimate of drug-likeness (QED) is 0.265. The van der Waals surface area contributed by atoms with Crippen LogP contribution >= 0.6 is 34.8 Å². The average Bonchev–Trinajstić information content (AvgIpc) is 2.91. The lowest BCUT2D eigenvalue weighted by Crippen LogP contribution is -2.52. The summed E-state index contributed by atoms with van der Waals surface area (Å²) in [5, 5.41) is 3.78. The standard InChI is InChI=1S/C29H32Cl3N3O4S/c1-5-20(3)33-29(37)21(4)34(17-22-12-13-23(30)16-26(22)32)28(36)18-35(27-9-7-6-8-25(27)31)40(38,39)24-14-10-19(2)11-15-24/h6-16,20-21H,5,17-18H2,1-4H3,(H,33,37)/t20-,21-/m1/s1. The summed E-state index contributed by atoms with van der Waals surface area (Å²) >= 11 is 18.9. The molecule has 3 aromatic rings. The molecule has 11 heteroatoms. The van der Waals surface area contributed by atoms with Gasteiger partial charge in [0.25, 0.3) is 10.0 Å². The van der Waals surface area contributed by atoms with Gasteiger partial charge in [0.05, 0.1) is 15.6 Å². The van der Waals surface area contributed by atoms with Crippen molar-refractivity contribution < 1.29 is 18.0 Å². The molecule has 0 aliphatic heterocycles. The number of nitrogens with zero attached hydrogens (tertiary/aromatic N) is 2. The number of rotatable bonds is 11. The second kappa shape index (κ2) is 13.7. The van der Waals surface area contributed by atoms with Gasteiger partial charge in [-0.15, -0.1) is 0 Å². The van der Waals surface area contributed by atoms with Crippen molar-refractivity contribution in [2.75, 3.05) is 10.8 Å². The molecule has 0 unspecified atom stereocenters. The van der Waals surface area contributed by atoms with Crippen molar-refractivity contribution in [3.8, 4) is 0 Å². The van der Waals surface area contributed by atoms with E-state index in [1.807, 2.05) is 20.8 Å². The molecule has 0 aliphatic carbocycles. The number of halogens is 3. The van der Waals surface area contributed by atoms with Crippen LogP contribution in [0.1, 0.15) is 38.3 Å². The van der Waals surface area contributed by atoms with Crippen LogP contribution in [0.2, 0.25) is 15.1 Å². The van der Waals surface area contributed by atoms with Gasteiger partial charge in [-0.3, -0.25) is 13.9 Å². The molecule has 3 rings (SSSR count). The van der Waals surface area contributed by atoms with Gasteiger partial charge in [-0.2, -0.15) is 0 Å². The Bertz CT molecular complexity index is 1470. The van der Waals surface area contributed by atoms with Gasteiger partial charge in [0, 0.05) is 22.6 Å². The van der Waals surface area contributed by atoms with Gasteiger partial charge in [-0.05, 0) is 69.2 Å². The Balaban J connectivity index is 2.06. The normalized spacial score (nSPS) is 12.9. The highest BCUT2D eigenvalue weighted by Gasteiger charge is 2.33. The summed E-state index contributed by atoms with van der Waals surface area (Å²) < 4.78 is 28.7. The second-order valence-corrected chi connectivity index (χ2v) is 12.6. The van der Waals surface area contributed by atoms with Crippen LogP contribution in [-0.4, -0.2) is 43.8 Å². The molecule has 0 aromatic heterocycles. The van der Waals surface area contributed by atoms with Crippen molar-refractivity contribution >= 4 is 62.3 Å². The molecule has 0 spiro atoms. The van der Waals surface area contributed by atoms with Gasteiger partial charge >= 0.3 is 0 Å². The summed E-state index contributed by atoms with van der Waals surface area (Å²) in [5.74, 6) is -0.994. The van der Waals surface area contributed by atoms with E-state index >= 15 is 0 Å². The van der Waals surface area contributed by atoms with E-state index in [9.17, 15) is 18.0 Å². The largest absolute Gasteiger partial charge is 0.352 e. The number of hydrogen-bond acceptors (Lipinski definition) is 4. The second-order valence-electron chi connectivity index (χ2n) is 9.53. The lowest BCUT2D eigenvalue weighted by atomic mass is 10.1. The summed E-state index contributed by atoms with van der Waals surface area (Å²) in [6, 6.07) is 16.5. The number of carbonyl (C=O) groups excluding carboxylic acids is 2. The molecule has 214 valence electrons. The molecule has 2 amide bonds. The number of nitrogens with one attached hydrogen (secondary N) is 1. The van der Waals surface area contributed by atoms with Gasteiger partial charge in [-0.1, -0.05) is 77.6 Å². The van der Waals surface area contributed by atoms with Crippen LogP contribution in [-0.2, 0) is 26.2 Å². The zero-order chi connectivity index (χ0) is 29.6. The molecule has 0 fully saturated rings. The molecule has 7 nitrogen and oxygen atoms in total. The predicted octanol–water partition coefficient (Wildman–Crippen LogP) is 6.48. The van der Waals surface area contributed by atoms with Crippen molar-refractivity contribution in [3.05, 3.63) is 92.9 Å². The highest BCUT2D eigenvalue weighted by Crippen LogP contribution is 2.31.